The molecule has 0 N–H and O–H groups in total. The van der Waals surface area contributed by atoms with Crippen molar-refractivity contribution >= 4 is 9.84 Å². The molecule has 1 aromatic heterocycles. The Kier molecular flexibility index (Phi) is 7.63. The molecule has 1 aromatic rings. The Morgan fingerprint density at radius 2 is 2.04 bits per heavy atom. The number of sulfone groups is 1. The molecule has 0 spiro atoms. The molecule has 1 aliphatic rings. The summed E-state index contributed by atoms with van der Waals surface area (Å²) in [6.07, 6.45) is 2.66. The molecule has 26 heavy (non-hydrogen) atoms. The van der Waals surface area contributed by atoms with E-state index in [1.807, 2.05) is 11.6 Å². The maximum Gasteiger partial charge on any atom is 0.228 e. The quantitative estimate of drug-likeness (QED) is 0.645. The molecule has 1 fully saturated rings. The van der Waals surface area contributed by atoms with Gasteiger partial charge in [-0.15, -0.1) is 0 Å². The first-order valence-corrected chi connectivity index (χ1v) is 10.9. The van der Waals surface area contributed by atoms with Gasteiger partial charge < -0.3 is 14.0 Å². The van der Waals surface area contributed by atoms with E-state index in [0.29, 0.717) is 38.8 Å². The van der Waals surface area contributed by atoms with Crippen LogP contribution in [0.1, 0.15) is 39.8 Å². The first-order chi connectivity index (χ1) is 12.2. The van der Waals surface area contributed by atoms with E-state index in [1.165, 1.54) is 0 Å². The van der Waals surface area contributed by atoms with Crippen molar-refractivity contribution in [3.8, 4) is 0 Å². The minimum absolute atomic E-state index is 0.0552. The van der Waals surface area contributed by atoms with Crippen molar-refractivity contribution in [3.63, 3.8) is 0 Å². The van der Waals surface area contributed by atoms with E-state index in [4.69, 9.17) is 9.47 Å². The fourth-order valence-corrected chi connectivity index (χ4v) is 4.05. The Morgan fingerprint density at radius 3 is 2.62 bits per heavy atom. The Bertz CT molecular complexity index is 664. The fraction of sp³-hybridized carbons (Fsp3) is 0.833. The number of ether oxygens (including phenoxy) is 2. The van der Waals surface area contributed by atoms with E-state index >= 15 is 0 Å². The fourth-order valence-electron chi connectivity index (χ4n) is 2.91. The summed E-state index contributed by atoms with van der Waals surface area (Å²) in [5.74, 6) is 0.491. The lowest BCUT2D eigenvalue weighted by molar-refractivity contribution is -0.0964. The van der Waals surface area contributed by atoms with Gasteiger partial charge in [-0.1, -0.05) is 13.8 Å². The first kappa shape index (κ1) is 21.3. The summed E-state index contributed by atoms with van der Waals surface area (Å²) < 4.78 is 38.4. The number of rotatable bonds is 9. The van der Waals surface area contributed by atoms with Crippen LogP contribution in [-0.4, -0.2) is 67.6 Å². The number of nitrogens with zero attached hydrogens (tertiary/aromatic N) is 3. The van der Waals surface area contributed by atoms with E-state index in [-0.39, 0.29) is 11.3 Å². The molecule has 0 amide bonds. The highest BCUT2D eigenvalue weighted by Crippen LogP contribution is 2.20. The van der Waals surface area contributed by atoms with Crippen molar-refractivity contribution < 1.29 is 17.9 Å². The summed E-state index contributed by atoms with van der Waals surface area (Å²) in [5, 5.41) is -0.296. The van der Waals surface area contributed by atoms with E-state index in [1.54, 1.807) is 20.0 Å². The summed E-state index contributed by atoms with van der Waals surface area (Å²) in [7, 11) is -1.40. The predicted molar refractivity (Wildman–Crippen MR) is 101 cm³/mol. The van der Waals surface area contributed by atoms with E-state index < -0.39 is 15.1 Å². The molecular formula is C18H33N3O4S. The molecule has 0 aliphatic carbocycles. The Balaban J connectivity index is 2.16. The SMILES string of the molecule is CC(C)CCn1c(CN(C)CC2COCCO2)cnc1S(=O)(=O)C(C)C. The lowest BCUT2D eigenvalue weighted by Gasteiger charge is -2.27. The van der Waals surface area contributed by atoms with Gasteiger partial charge in [0, 0.05) is 19.6 Å². The van der Waals surface area contributed by atoms with E-state index in [9.17, 15) is 8.42 Å². The molecule has 1 atom stereocenters. The summed E-state index contributed by atoms with van der Waals surface area (Å²) in [5.41, 5.74) is 0.920. The highest BCUT2D eigenvalue weighted by molar-refractivity contribution is 7.91. The van der Waals surface area contributed by atoms with Gasteiger partial charge in [-0.05, 0) is 33.2 Å². The molecule has 8 heteroatoms. The maximum atomic E-state index is 12.7. The maximum absolute atomic E-state index is 12.7. The van der Waals surface area contributed by atoms with Gasteiger partial charge in [0.15, 0.2) is 0 Å². The number of aromatic nitrogens is 2. The summed E-state index contributed by atoms with van der Waals surface area (Å²) in [6, 6.07) is 0. The molecule has 0 aromatic carbocycles. The second-order valence-electron chi connectivity index (χ2n) is 7.72. The van der Waals surface area contributed by atoms with Crippen LogP contribution in [-0.2, 0) is 32.4 Å². The van der Waals surface area contributed by atoms with Gasteiger partial charge in [-0.25, -0.2) is 13.4 Å². The van der Waals surface area contributed by atoms with Crippen LogP contribution in [0.15, 0.2) is 11.4 Å². The number of hydrogen-bond donors (Lipinski definition) is 0. The van der Waals surface area contributed by atoms with Gasteiger partial charge in [0.25, 0.3) is 0 Å². The third kappa shape index (κ3) is 5.52. The van der Waals surface area contributed by atoms with Crippen LogP contribution in [0.5, 0.6) is 0 Å². The Morgan fingerprint density at radius 1 is 1.31 bits per heavy atom. The minimum Gasteiger partial charge on any atom is -0.376 e. The van der Waals surface area contributed by atoms with Crippen molar-refractivity contribution in [2.24, 2.45) is 5.92 Å². The number of likely N-dealkylation sites (N-methyl/N-ethyl adjacent to an activating group) is 1. The second-order valence-corrected chi connectivity index (χ2v) is 10.1. The third-order valence-electron chi connectivity index (χ3n) is 4.54. The highest BCUT2D eigenvalue weighted by Gasteiger charge is 2.27. The van der Waals surface area contributed by atoms with Crippen LogP contribution in [0.4, 0.5) is 0 Å². The van der Waals surface area contributed by atoms with Gasteiger partial charge in [-0.3, -0.25) is 4.90 Å². The van der Waals surface area contributed by atoms with Crippen LogP contribution < -0.4 is 0 Å². The second kappa shape index (κ2) is 9.30. The molecule has 0 radical (unpaired) electrons. The smallest absolute Gasteiger partial charge is 0.228 e. The zero-order chi connectivity index (χ0) is 19.3. The van der Waals surface area contributed by atoms with Crippen LogP contribution in [0.25, 0.3) is 0 Å². The average molecular weight is 388 g/mol. The summed E-state index contributed by atoms with van der Waals surface area (Å²) in [4.78, 5) is 6.41. The van der Waals surface area contributed by atoms with E-state index in [0.717, 1.165) is 18.7 Å². The monoisotopic (exact) mass is 387 g/mol. The minimum atomic E-state index is -3.41. The van der Waals surface area contributed by atoms with Crippen molar-refractivity contribution in [2.75, 3.05) is 33.4 Å². The predicted octanol–water partition coefficient (Wildman–Crippen LogP) is 1.96. The summed E-state index contributed by atoms with van der Waals surface area (Å²) >= 11 is 0. The van der Waals surface area contributed by atoms with Crippen molar-refractivity contribution in [1.29, 1.82) is 0 Å². The number of imidazole rings is 1. The van der Waals surface area contributed by atoms with Gasteiger partial charge in [0.05, 0.1) is 43.1 Å². The Labute approximate surface area is 157 Å². The molecule has 1 unspecified atom stereocenters. The molecule has 0 bridgehead atoms. The largest absolute Gasteiger partial charge is 0.376 e. The van der Waals surface area contributed by atoms with Crippen LogP contribution in [0.2, 0.25) is 0 Å². The lowest BCUT2D eigenvalue weighted by Crippen LogP contribution is -2.38. The van der Waals surface area contributed by atoms with Gasteiger partial charge in [-0.2, -0.15) is 0 Å². The normalized spacial score (nSPS) is 19.0. The standard InChI is InChI=1S/C18H33N3O4S/c1-14(2)6-7-21-16(10-19-18(21)26(22,23)15(3)4)11-20(5)12-17-13-24-8-9-25-17/h10,14-15,17H,6-9,11-13H2,1-5H3. The lowest BCUT2D eigenvalue weighted by atomic mass is 10.1. The topological polar surface area (TPSA) is 73.7 Å². The average Bonchev–Trinajstić information content (AvgIpc) is 2.96. The molecular weight excluding hydrogens is 354 g/mol. The van der Waals surface area contributed by atoms with Gasteiger partial charge in [0.1, 0.15) is 0 Å². The van der Waals surface area contributed by atoms with Crippen molar-refractivity contribution in [2.45, 2.75) is 63.7 Å². The molecule has 1 saturated heterocycles. The Hall–Kier alpha value is -0.960. The molecule has 0 saturated carbocycles. The van der Waals surface area contributed by atoms with Gasteiger partial charge >= 0.3 is 0 Å². The first-order valence-electron chi connectivity index (χ1n) is 9.38. The summed E-state index contributed by atoms with van der Waals surface area (Å²) in [6.45, 7) is 11.6. The van der Waals surface area contributed by atoms with Crippen molar-refractivity contribution in [3.05, 3.63) is 11.9 Å². The van der Waals surface area contributed by atoms with Crippen molar-refractivity contribution in [1.82, 2.24) is 14.5 Å². The molecule has 150 valence electrons. The van der Waals surface area contributed by atoms with Gasteiger partial charge in [0.2, 0.25) is 15.0 Å². The van der Waals surface area contributed by atoms with Crippen LogP contribution in [0, 0.1) is 5.92 Å². The van der Waals surface area contributed by atoms with Crippen LogP contribution in [0.3, 0.4) is 0 Å². The highest BCUT2D eigenvalue weighted by atomic mass is 32.2. The molecule has 1 aliphatic heterocycles. The van der Waals surface area contributed by atoms with Crippen LogP contribution >= 0.6 is 0 Å². The zero-order valence-electron chi connectivity index (χ0n) is 16.6. The third-order valence-corrected chi connectivity index (χ3v) is 6.61. The molecule has 2 heterocycles. The van der Waals surface area contributed by atoms with E-state index in [2.05, 4.69) is 23.7 Å². The molecule has 7 nitrogen and oxygen atoms in total. The zero-order valence-corrected chi connectivity index (χ0v) is 17.5. The molecule has 2 rings (SSSR count). The number of hydrogen-bond acceptors (Lipinski definition) is 6.